The molecule has 1 N–H and O–H groups in total. The van der Waals surface area contributed by atoms with Crippen molar-refractivity contribution in [1.29, 1.82) is 0 Å². The van der Waals surface area contributed by atoms with Crippen molar-refractivity contribution in [3.63, 3.8) is 0 Å². The first-order chi connectivity index (χ1) is 13.3. The summed E-state index contributed by atoms with van der Waals surface area (Å²) in [6, 6.07) is 7.14. The zero-order valence-corrected chi connectivity index (χ0v) is 15.1. The van der Waals surface area contributed by atoms with E-state index in [1.54, 1.807) is 24.0 Å². The molecular weight excluding hydrogens is 371 g/mol. The minimum Gasteiger partial charge on any atom is -0.372 e. The van der Waals surface area contributed by atoms with Crippen molar-refractivity contribution >= 4 is 23.1 Å². The summed E-state index contributed by atoms with van der Waals surface area (Å²) in [7, 11) is 0. The molecule has 0 radical (unpaired) electrons. The largest absolute Gasteiger partial charge is 0.407 e. The van der Waals surface area contributed by atoms with E-state index in [9.17, 15) is 18.0 Å². The Morgan fingerprint density at radius 2 is 1.93 bits per heavy atom. The number of carbonyl (C=O) groups is 1. The topological polar surface area (TPSA) is 62.5 Å². The number of halogens is 3. The van der Waals surface area contributed by atoms with E-state index in [0.717, 1.165) is 11.8 Å². The number of hydrogen-bond acceptors (Lipinski definition) is 4. The van der Waals surface area contributed by atoms with E-state index >= 15 is 0 Å². The molecule has 1 aromatic carbocycles. The van der Waals surface area contributed by atoms with Crippen LogP contribution < -0.4 is 10.2 Å². The van der Waals surface area contributed by atoms with Crippen LogP contribution in [0, 0.1) is 19.4 Å². The van der Waals surface area contributed by atoms with E-state index in [-0.39, 0.29) is 11.8 Å². The zero-order chi connectivity index (χ0) is 20.3. The Morgan fingerprint density at radius 3 is 2.50 bits per heavy atom. The van der Waals surface area contributed by atoms with Crippen molar-refractivity contribution in [1.82, 2.24) is 10.2 Å². The van der Waals surface area contributed by atoms with Gasteiger partial charge in [0.25, 0.3) is 0 Å². The van der Waals surface area contributed by atoms with Crippen molar-refractivity contribution in [3.05, 3.63) is 53.0 Å². The molecule has 0 aliphatic carbocycles. The quantitative estimate of drug-likeness (QED) is 0.799. The van der Waals surface area contributed by atoms with Gasteiger partial charge in [0.2, 0.25) is 5.91 Å². The maximum Gasteiger partial charge on any atom is 0.407 e. The second-order valence-corrected chi connectivity index (χ2v) is 6.62. The van der Waals surface area contributed by atoms with Crippen molar-refractivity contribution in [2.45, 2.75) is 25.9 Å². The van der Waals surface area contributed by atoms with Gasteiger partial charge in [0, 0.05) is 24.7 Å². The smallest absolute Gasteiger partial charge is 0.372 e. The normalized spacial score (nSPS) is 15.2. The molecule has 1 amide bonds. The van der Waals surface area contributed by atoms with Crippen LogP contribution in [-0.2, 0) is 11.0 Å². The molecule has 3 rings (SSSR count). The summed E-state index contributed by atoms with van der Waals surface area (Å²) >= 11 is 0. The van der Waals surface area contributed by atoms with E-state index in [1.165, 1.54) is 12.1 Å². The summed E-state index contributed by atoms with van der Waals surface area (Å²) in [5.74, 6) is -0.0383. The van der Waals surface area contributed by atoms with Crippen LogP contribution in [0.1, 0.15) is 24.1 Å². The van der Waals surface area contributed by atoms with Crippen LogP contribution in [0.15, 0.2) is 30.3 Å². The van der Waals surface area contributed by atoms with Crippen molar-refractivity contribution in [2.24, 2.45) is 5.92 Å². The molecule has 9 heteroatoms. The van der Waals surface area contributed by atoms with Gasteiger partial charge in [-0.1, -0.05) is 6.07 Å². The van der Waals surface area contributed by atoms with Crippen LogP contribution in [0.25, 0.3) is 4.85 Å². The Morgan fingerprint density at radius 1 is 1.21 bits per heavy atom. The van der Waals surface area contributed by atoms with Gasteiger partial charge in [0.15, 0.2) is 11.5 Å². The highest BCUT2D eigenvalue weighted by Gasteiger charge is 2.34. The zero-order valence-electron chi connectivity index (χ0n) is 15.1. The summed E-state index contributed by atoms with van der Waals surface area (Å²) in [6.45, 7) is 9.61. The van der Waals surface area contributed by atoms with Gasteiger partial charge in [-0.05, 0) is 44.0 Å². The number of nitrogens with one attached hydrogen (secondary N) is 1. The Labute approximate surface area is 160 Å². The van der Waals surface area contributed by atoms with Crippen molar-refractivity contribution in [2.75, 3.05) is 23.3 Å². The Kier molecular flexibility index (Phi) is 5.49. The fraction of sp³-hybridized carbons (Fsp3) is 0.368. The number of amides is 1. The van der Waals surface area contributed by atoms with Crippen LogP contribution in [-0.4, -0.2) is 29.2 Å². The first-order valence-electron chi connectivity index (χ1n) is 8.73. The average molecular weight is 389 g/mol. The van der Waals surface area contributed by atoms with E-state index in [4.69, 9.17) is 6.57 Å². The molecule has 2 heterocycles. The maximum atomic E-state index is 13.2. The molecule has 0 saturated carbocycles. The van der Waals surface area contributed by atoms with Gasteiger partial charge in [-0.2, -0.15) is 18.3 Å². The number of benzene rings is 1. The van der Waals surface area contributed by atoms with Crippen LogP contribution in [0.5, 0.6) is 0 Å². The summed E-state index contributed by atoms with van der Waals surface area (Å²) in [6.07, 6.45) is -3.56. The van der Waals surface area contributed by atoms with Gasteiger partial charge in [-0.15, -0.1) is 5.10 Å². The van der Waals surface area contributed by atoms with Gasteiger partial charge in [0.05, 0.1) is 17.8 Å². The third-order valence-electron chi connectivity index (χ3n) is 4.69. The number of piperidine rings is 1. The highest BCUT2D eigenvalue weighted by Crippen LogP contribution is 2.39. The first-order valence-corrected chi connectivity index (χ1v) is 8.73. The van der Waals surface area contributed by atoms with Crippen LogP contribution >= 0.6 is 0 Å². The number of hydrogen-bond donors (Lipinski definition) is 1. The fourth-order valence-electron chi connectivity index (χ4n) is 3.14. The van der Waals surface area contributed by atoms with E-state index in [0.29, 0.717) is 37.4 Å². The molecule has 0 atom stereocenters. The van der Waals surface area contributed by atoms with Crippen molar-refractivity contribution < 1.29 is 18.0 Å². The van der Waals surface area contributed by atoms with E-state index in [1.807, 2.05) is 0 Å². The van der Waals surface area contributed by atoms with Crippen LogP contribution in [0.2, 0.25) is 0 Å². The molecule has 0 unspecified atom stereocenters. The molecule has 6 nitrogen and oxygen atoms in total. The second-order valence-electron chi connectivity index (χ2n) is 6.62. The molecule has 0 bridgehead atoms. The number of carbonyl (C=O) groups excluding carboxylic acids is 1. The monoisotopic (exact) mass is 389 g/mol. The molecule has 1 saturated heterocycles. The average Bonchev–Trinajstić information content (AvgIpc) is 2.68. The summed E-state index contributed by atoms with van der Waals surface area (Å²) in [4.78, 5) is 17.1. The van der Waals surface area contributed by atoms with Gasteiger partial charge < -0.3 is 10.2 Å². The molecule has 146 valence electrons. The molecule has 1 aliphatic heterocycles. The molecule has 1 aromatic heterocycles. The lowest BCUT2D eigenvalue weighted by Gasteiger charge is -2.33. The fourth-order valence-corrected chi connectivity index (χ4v) is 3.14. The number of aromatic nitrogens is 2. The molecule has 2 aromatic rings. The predicted octanol–water partition coefficient (Wildman–Crippen LogP) is 4.21. The van der Waals surface area contributed by atoms with E-state index < -0.39 is 17.4 Å². The molecule has 0 spiro atoms. The lowest BCUT2D eigenvalue weighted by molar-refractivity contribution is -0.136. The first kappa shape index (κ1) is 19.6. The summed E-state index contributed by atoms with van der Waals surface area (Å²) < 4.78 is 39.5. The third kappa shape index (κ3) is 4.39. The van der Waals surface area contributed by atoms with Crippen LogP contribution in [0.3, 0.4) is 0 Å². The van der Waals surface area contributed by atoms with Gasteiger partial charge in [-0.3, -0.25) is 4.79 Å². The highest BCUT2D eigenvalue weighted by molar-refractivity contribution is 5.91. The minimum atomic E-state index is -4.58. The van der Waals surface area contributed by atoms with Crippen molar-refractivity contribution in [3.8, 4) is 0 Å². The minimum absolute atomic E-state index is 0.169. The Balaban J connectivity index is 1.64. The highest BCUT2D eigenvalue weighted by atomic mass is 19.4. The number of rotatable bonds is 3. The number of nitrogens with zero attached hydrogens (tertiary/aromatic N) is 4. The van der Waals surface area contributed by atoms with Gasteiger partial charge in [-0.25, -0.2) is 4.85 Å². The van der Waals surface area contributed by atoms with E-state index in [2.05, 4.69) is 20.4 Å². The lowest BCUT2D eigenvalue weighted by Crippen LogP contribution is -2.38. The molecule has 1 fully saturated rings. The summed E-state index contributed by atoms with van der Waals surface area (Å²) in [5, 5.41) is 10.5. The van der Waals surface area contributed by atoms with Gasteiger partial charge >= 0.3 is 6.18 Å². The molecular formula is C19H18F3N5O. The van der Waals surface area contributed by atoms with Crippen LogP contribution in [0.4, 0.5) is 30.4 Å². The summed E-state index contributed by atoms with van der Waals surface area (Å²) in [5.41, 5.74) is -0.195. The third-order valence-corrected chi connectivity index (χ3v) is 4.69. The molecule has 1 aliphatic rings. The second kappa shape index (κ2) is 7.84. The maximum absolute atomic E-state index is 13.2. The Hall–Kier alpha value is -3.15. The lowest BCUT2D eigenvalue weighted by atomic mass is 9.95. The van der Waals surface area contributed by atoms with Gasteiger partial charge in [0.1, 0.15) is 0 Å². The standard InChI is InChI=1S/C19H18F3N5O/c1-12-3-6-17(26-25-12)24-18(28)13-7-9-27(10-8-13)14-4-5-16(23-2)15(11-14)19(20,21)22/h3-6,11,13H,7-10H2,1H3,(H,24,26,28). The Bertz CT molecular complexity index is 897. The number of alkyl halides is 3. The molecule has 28 heavy (non-hydrogen) atoms. The predicted molar refractivity (Wildman–Crippen MR) is 98.0 cm³/mol. The number of aryl methyl sites for hydroxylation is 1. The SMILES string of the molecule is [C-]#[N+]c1ccc(N2CCC(C(=O)Nc3ccc(C)nn3)CC2)cc1C(F)(F)F. The number of anilines is 2.